The van der Waals surface area contributed by atoms with Crippen LogP contribution in [0.5, 0.6) is 0 Å². The number of rotatable bonds is 5. The lowest BCUT2D eigenvalue weighted by Crippen LogP contribution is -2.30. The molecule has 1 fully saturated rings. The Morgan fingerprint density at radius 1 is 1.25 bits per heavy atom. The van der Waals surface area contributed by atoms with Crippen LogP contribution in [0.25, 0.3) is 17.0 Å². The van der Waals surface area contributed by atoms with Gasteiger partial charge in [0.25, 0.3) is 5.91 Å². The average molecular weight is 382 g/mol. The minimum Gasteiger partial charge on any atom is -0.364 e. The fraction of sp³-hybridized carbons (Fsp3) is 0.444. The number of carbonyl (C=O) groups is 2. The van der Waals surface area contributed by atoms with Gasteiger partial charge in [-0.15, -0.1) is 0 Å². The van der Waals surface area contributed by atoms with E-state index >= 15 is 0 Å². The van der Waals surface area contributed by atoms with E-state index in [0.29, 0.717) is 29.4 Å². The van der Waals surface area contributed by atoms with Crippen LogP contribution in [-0.2, 0) is 4.79 Å². The summed E-state index contributed by atoms with van der Waals surface area (Å²) in [6, 6.07) is 0.145. The van der Waals surface area contributed by atoms with Crippen LogP contribution < -0.4 is 11.1 Å². The Morgan fingerprint density at radius 2 is 2.04 bits per heavy atom. The number of aromatic nitrogens is 6. The molecule has 1 aliphatic carbocycles. The topological polar surface area (TPSA) is 134 Å². The Morgan fingerprint density at radius 3 is 2.68 bits per heavy atom. The van der Waals surface area contributed by atoms with Gasteiger partial charge < -0.3 is 11.1 Å². The Labute approximate surface area is 161 Å². The van der Waals surface area contributed by atoms with Crippen molar-refractivity contribution < 1.29 is 9.59 Å². The Kier molecular flexibility index (Phi) is 4.76. The zero-order valence-corrected chi connectivity index (χ0v) is 15.6. The van der Waals surface area contributed by atoms with Crippen LogP contribution in [0, 0.1) is 5.92 Å². The number of amides is 2. The zero-order chi connectivity index (χ0) is 19.7. The highest BCUT2D eigenvalue weighted by atomic mass is 16.1. The second kappa shape index (κ2) is 7.37. The third kappa shape index (κ3) is 3.45. The van der Waals surface area contributed by atoms with Crippen molar-refractivity contribution in [2.24, 2.45) is 11.7 Å². The first-order chi connectivity index (χ1) is 13.5. The van der Waals surface area contributed by atoms with E-state index in [9.17, 15) is 9.59 Å². The maximum Gasteiger partial charge on any atom is 0.269 e. The van der Waals surface area contributed by atoms with Crippen molar-refractivity contribution >= 4 is 22.8 Å². The minimum atomic E-state index is -0.616. The Hall–Kier alpha value is -3.30. The van der Waals surface area contributed by atoms with Crippen molar-refractivity contribution in [2.75, 3.05) is 6.54 Å². The minimum absolute atomic E-state index is 0.00265. The largest absolute Gasteiger partial charge is 0.364 e. The summed E-state index contributed by atoms with van der Waals surface area (Å²) in [6.45, 7) is 2.23. The standard InChI is InChI=1S/C18H22N8O2/c1-11(27)21-8-12-2-4-13(5-3-12)26-16-14(9-22-26)23-18(24-15(16)17(19)28)25-7-6-20-10-25/h6-7,9-10,12-13H,2-5,8H2,1H3,(H2,19,28)(H,21,27). The first-order valence-corrected chi connectivity index (χ1v) is 9.30. The summed E-state index contributed by atoms with van der Waals surface area (Å²) in [5.41, 5.74) is 6.92. The smallest absolute Gasteiger partial charge is 0.269 e. The highest BCUT2D eigenvalue weighted by Gasteiger charge is 2.27. The lowest BCUT2D eigenvalue weighted by Gasteiger charge is -2.29. The number of nitrogens with zero attached hydrogens (tertiary/aromatic N) is 6. The molecule has 0 aromatic carbocycles. The molecule has 1 aliphatic rings. The fourth-order valence-electron chi connectivity index (χ4n) is 3.77. The van der Waals surface area contributed by atoms with Crippen LogP contribution in [0.3, 0.4) is 0 Å². The van der Waals surface area contributed by atoms with Gasteiger partial charge in [0.05, 0.1) is 12.2 Å². The molecule has 3 heterocycles. The van der Waals surface area contributed by atoms with Crippen molar-refractivity contribution in [1.29, 1.82) is 0 Å². The van der Waals surface area contributed by atoms with E-state index in [1.54, 1.807) is 29.5 Å². The molecule has 3 aromatic rings. The number of carbonyl (C=O) groups excluding carboxylic acids is 2. The average Bonchev–Trinajstić information content (AvgIpc) is 3.35. The molecular weight excluding hydrogens is 360 g/mol. The van der Waals surface area contributed by atoms with Gasteiger partial charge in [0.15, 0.2) is 5.69 Å². The van der Waals surface area contributed by atoms with Crippen LogP contribution in [-0.4, -0.2) is 47.7 Å². The predicted molar refractivity (Wildman–Crippen MR) is 101 cm³/mol. The summed E-state index contributed by atoms with van der Waals surface area (Å²) in [5, 5.41) is 7.38. The second-order valence-electron chi connectivity index (χ2n) is 7.14. The molecule has 0 unspecified atom stereocenters. The monoisotopic (exact) mass is 382 g/mol. The maximum atomic E-state index is 12.1. The van der Waals surface area contributed by atoms with Crippen molar-refractivity contribution in [3.63, 3.8) is 0 Å². The summed E-state index contributed by atoms with van der Waals surface area (Å²) < 4.78 is 3.46. The first-order valence-electron chi connectivity index (χ1n) is 9.30. The third-order valence-corrected chi connectivity index (χ3v) is 5.20. The van der Waals surface area contributed by atoms with E-state index in [-0.39, 0.29) is 17.6 Å². The summed E-state index contributed by atoms with van der Waals surface area (Å²) in [5.74, 6) is 0.172. The molecule has 2 amide bonds. The van der Waals surface area contributed by atoms with Gasteiger partial charge >= 0.3 is 0 Å². The second-order valence-corrected chi connectivity index (χ2v) is 7.14. The van der Waals surface area contributed by atoms with E-state index in [1.807, 2.05) is 4.68 Å². The number of fused-ring (bicyclic) bond motifs is 1. The molecule has 3 aromatic heterocycles. The summed E-state index contributed by atoms with van der Waals surface area (Å²) >= 11 is 0. The van der Waals surface area contributed by atoms with Crippen LogP contribution >= 0.6 is 0 Å². The molecule has 4 rings (SSSR count). The van der Waals surface area contributed by atoms with Crippen molar-refractivity contribution in [2.45, 2.75) is 38.6 Å². The van der Waals surface area contributed by atoms with Crippen molar-refractivity contribution in [3.05, 3.63) is 30.6 Å². The molecule has 28 heavy (non-hydrogen) atoms. The van der Waals surface area contributed by atoms with Crippen molar-refractivity contribution in [1.82, 2.24) is 34.6 Å². The quantitative estimate of drug-likeness (QED) is 0.675. The lowest BCUT2D eigenvalue weighted by atomic mass is 9.86. The molecule has 10 nitrogen and oxygen atoms in total. The van der Waals surface area contributed by atoms with Crippen LogP contribution in [0.4, 0.5) is 0 Å². The highest BCUT2D eigenvalue weighted by molar-refractivity contribution is 6.02. The van der Waals surface area contributed by atoms with Gasteiger partial charge in [-0.25, -0.2) is 15.0 Å². The molecule has 146 valence electrons. The maximum absolute atomic E-state index is 12.1. The fourth-order valence-corrected chi connectivity index (χ4v) is 3.77. The van der Waals surface area contributed by atoms with Gasteiger partial charge in [0.1, 0.15) is 17.4 Å². The number of imidazole rings is 1. The molecule has 10 heteroatoms. The summed E-state index contributed by atoms with van der Waals surface area (Å²) in [6.07, 6.45) is 10.3. The van der Waals surface area contributed by atoms with Gasteiger partial charge in [-0.3, -0.25) is 18.8 Å². The number of nitrogens with one attached hydrogen (secondary N) is 1. The van der Waals surface area contributed by atoms with E-state index < -0.39 is 5.91 Å². The number of primary amides is 1. The molecule has 3 N–H and O–H groups in total. The van der Waals surface area contributed by atoms with Gasteiger partial charge in [-0.1, -0.05) is 0 Å². The predicted octanol–water partition coefficient (Wildman–Crippen LogP) is 0.978. The third-order valence-electron chi connectivity index (χ3n) is 5.20. The number of hydrogen-bond donors (Lipinski definition) is 2. The molecule has 0 bridgehead atoms. The van der Waals surface area contributed by atoms with Gasteiger partial charge in [-0.05, 0) is 31.6 Å². The molecule has 0 spiro atoms. The molecule has 1 saturated carbocycles. The summed E-state index contributed by atoms with van der Waals surface area (Å²) in [7, 11) is 0. The van der Waals surface area contributed by atoms with Crippen LogP contribution in [0.15, 0.2) is 24.9 Å². The molecule has 0 saturated heterocycles. The van der Waals surface area contributed by atoms with E-state index in [0.717, 1.165) is 25.7 Å². The first kappa shape index (κ1) is 18.1. The normalized spacial score (nSPS) is 19.6. The van der Waals surface area contributed by atoms with E-state index in [4.69, 9.17) is 5.73 Å². The summed E-state index contributed by atoms with van der Waals surface area (Å²) in [4.78, 5) is 36.1. The Balaban J connectivity index is 1.62. The number of nitrogens with two attached hydrogens (primary N) is 1. The molecule has 0 radical (unpaired) electrons. The van der Waals surface area contributed by atoms with Gasteiger partial charge in [0.2, 0.25) is 11.9 Å². The highest BCUT2D eigenvalue weighted by Crippen LogP contribution is 2.34. The lowest BCUT2D eigenvalue weighted by molar-refractivity contribution is -0.119. The van der Waals surface area contributed by atoms with E-state index in [2.05, 4.69) is 25.4 Å². The van der Waals surface area contributed by atoms with Crippen LogP contribution in [0.2, 0.25) is 0 Å². The molecular formula is C18H22N8O2. The van der Waals surface area contributed by atoms with Gasteiger partial charge in [0, 0.05) is 25.9 Å². The number of hydrogen-bond acceptors (Lipinski definition) is 6. The Bertz CT molecular complexity index is 1000. The molecule has 0 aliphatic heterocycles. The van der Waals surface area contributed by atoms with E-state index in [1.165, 1.54) is 6.92 Å². The van der Waals surface area contributed by atoms with Crippen LogP contribution in [0.1, 0.15) is 49.1 Å². The zero-order valence-electron chi connectivity index (χ0n) is 15.6. The van der Waals surface area contributed by atoms with Gasteiger partial charge in [-0.2, -0.15) is 5.10 Å². The van der Waals surface area contributed by atoms with Crippen molar-refractivity contribution in [3.8, 4) is 5.95 Å². The SMILES string of the molecule is CC(=O)NCC1CCC(n2ncc3nc(-n4ccnc4)nc(C(N)=O)c32)CC1. The molecule has 0 atom stereocenters.